The standard InChI is InChI=1S/C20H16F3N3O2/c21-20(22,23)15-7-3-1-5-11(15)13-9-14(13)19(27)28-10-17-25-16-8-4-2-6-12(16)18(24)26-17/h1-8,13-14H,9-10H2,(H2,24,25,26)/t13-,14+/m1/s1. The van der Waals surface area contributed by atoms with E-state index in [1.807, 2.05) is 6.07 Å². The summed E-state index contributed by atoms with van der Waals surface area (Å²) in [7, 11) is 0. The van der Waals surface area contributed by atoms with Crippen LogP contribution in [0, 0.1) is 5.92 Å². The number of alkyl halides is 3. The van der Waals surface area contributed by atoms with Crippen LogP contribution in [-0.4, -0.2) is 15.9 Å². The van der Waals surface area contributed by atoms with E-state index in [2.05, 4.69) is 9.97 Å². The number of nitrogens with two attached hydrogens (primary N) is 1. The Hall–Kier alpha value is -3.16. The molecule has 1 heterocycles. The number of hydrogen-bond acceptors (Lipinski definition) is 5. The number of ether oxygens (including phenoxy) is 1. The average molecular weight is 387 g/mol. The molecule has 5 nitrogen and oxygen atoms in total. The summed E-state index contributed by atoms with van der Waals surface area (Å²) < 4.78 is 44.7. The van der Waals surface area contributed by atoms with Gasteiger partial charge < -0.3 is 10.5 Å². The quantitative estimate of drug-likeness (QED) is 0.683. The molecule has 144 valence electrons. The first-order valence-electron chi connectivity index (χ1n) is 8.68. The zero-order chi connectivity index (χ0) is 19.9. The lowest BCUT2D eigenvalue weighted by atomic mass is 10.0. The first-order valence-corrected chi connectivity index (χ1v) is 8.68. The van der Waals surface area contributed by atoms with Crippen molar-refractivity contribution in [1.82, 2.24) is 9.97 Å². The highest BCUT2D eigenvalue weighted by atomic mass is 19.4. The fraction of sp³-hybridized carbons (Fsp3) is 0.250. The molecule has 1 fully saturated rings. The van der Waals surface area contributed by atoms with E-state index in [0.29, 0.717) is 17.3 Å². The van der Waals surface area contributed by atoms with Crippen molar-refractivity contribution in [3.8, 4) is 0 Å². The van der Waals surface area contributed by atoms with Gasteiger partial charge in [-0.05, 0) is 36.1 Å². The Morgan fingerprint density at radius 2 is 1.82 bits per heavy atom. The minimum absolute atomic E-state index is 0.128. The maximum atomic E-state index is 13.2. The fourth-order valence-electron chi connectivity index (χ4n) is 3.34. The summed E-state index contributed by atoms with van der Waals surface area (Å²) in [5, 5.41) is 0.698. The van der Waals surface area contributed by atoms with Crippen molar-refractivity contribution in [3.05, 3.63) is 65.5 Å². The van der Waals surface area contributed by atoms with Gasteiger partial charge in [-0.15, -0.1) is 0 Å². The van der Waals surface area contributed by atoms with E-state index in [1.165, 1.54) is 18.2 Å². The molecule has 2 N–H and O–H groups in total. The molecule has 0 bridgehead atoms. The van der Waals surface area contributed by atoms with Crippen LogP contribution in [0.5, 0.6) is 0 Å². The number of anilines is 1. The van der Waals surface area contributed by atoms with Crippen molar-refractivity contribution < 1.29 is 22.7 Å². The van der Waals surface area contributed by atoms with E-state index in [0.717, 1.165) is 6.07 Å². The molecule has 8 heteroatoms. The molecule has 0 aliphatic heterocycles. The van der Waals surface area contributed by atoms with Crippen molar-refractivity contribution in [2.24, 2.45) is 5.92 Å². The minimum Gasteiger partial charge on any atom is -0.457 e. The van der Waals surface area contributed by atoms with Gasteiger partial charge in [-0.25, -0.2) is 9.97 Å². The summed E-state index contributed by atoms with van der Waals surface area (Å²) in [5.74, 6) is -1.12. The molecule has 1 aromatic heterocycles. The lowest BCUT2D eigenvalue weighted by Gasteiger charge is -2.12. The van der Waals surface area contributed by atoms with Gasteiger partial charge in [0.15, 0.2) is 12.4 Å². The number of nitrogens with zero attached hydrogens (tertiary/aromatic N) is 2. The number of rotatable bonds is 4. The molecule has 0 spiro atoms. The lowest BCUT2D eigenvalue weighted by Crippen LogP contribution is -2.12. The first-order chi connectivity index (χ1) is 13.3. The molecule has 2 atom stereocenters. The second-order valence-electron chi connectivity index (χ2n) is 6.68. The first kappa shape index (κ1) is 18.2. The fourth-order valence-corrected chi connectivity index (χ4v) is 3.34. The van der Waals surface area contributed by atoms with Gasteiger partial charge in [-0.1, -0.05) is 30.3 Å². The van der Waals surface area contributed by atoms with Crippen LogP contribution in [0.25, 0.3) is 10.9 Å². The molecule has 28 heavy (non-hydrogen) atoms. The monoisotopic (exact) mass is 387 g/mol. The van der Waals surface area contributed by atoms with Crippen LogP contribution in [0.2, 0.25) is 0 Å². The molecular formula is C20H16F3N3O2. The third-order valence-electron chi connectivity index (χ3n) is 4.78. The maximum absolute atomic E-state index is 13.2. The van der Waals surface area contributed by atoms with Crippen LogP contribution < -0.4 is 5.73 Å². The topological polar surface area (TPSA) is 78.1 Å². The van der Waals surface area contributed by atoms with E-state index < -0.39 is 29.5 Å². The molecule has 1 aliphatic rings. The van der Waals surface area contributed by atoms with Crippen LogP contribution in [0.4, 0.5) is 19.0 Å². The van der Waals surface area contributed by atoms with Crippen molar-refractivity contribution in [3.63, 3.8) is 0 Å². The van der Waals surface area contributed by atoms with Crippen LogP contribution in [-0.2, 0) is 22.3 Å². The number of carbonyl (C=O) groups excluding carboxylic acids is 1. The Balaban J connectivity index is 1.44. The van der Waals surface area contributed by atoms with Gasteiger partial charge in [0.25, 0.3) is 0 Å². The second kappa shape index (κ2) is 6.78. The number of fused-ring (bicyclic) bond motifs is 1. The Morgan fingerprint density at radius 1 is 1.11 bits per heavy atom. The van der Waals surface area contributed by atoms with Crippen LogP contribution in [0.3, 0.4) is 0 Å². The average Bonchev–Trinajstić information content (AvgIpc) is 3.46. The van der Waals surface area contributed by atoms with Crippen molar-refractivity contribution >= 4 is 22.7 Å². The number of para-hydroxylation sites is 1. The van der Waals surface area contributed by atoms with E-state index >= 15 is 0 Å². The molecule has 1 saturated carbocycles. The molecule has 1 aliphatic carbocycles. The van der Waals surface area contributed by atoms with Gasteiger partial charge in [0.2, 0.25) is 0 Å². The van der Waals surface area contributed by atoms with E-state index in [9.17, 15) is 18.0 Å². The van der Waals surface area contributed by atoms with Gasteiger partial charge in [0, 0.05) is 5.39 Å². The summed E-state index contributed by atoms with van der Waals surface area (Å²) >= 11 is 0. The number of hydrogen-bond donors (Lipinski definition) is 1. The molecule has 0 unspecified atom stereocenters. The molecule has 4 rings (SSSR count). The van der Waals surface area contributed by atoms with Gasteiger partial charge >= 0.3 is 12.1 Å². The van der Waals surface area contributed by atoms with E-state index in [1.54, 1.807) is 18.2 Å². The predicted octanol–water partition coefficient (Wildman–Crippen LogP) is 4.08. The maximum Gasteiger partial charge on any atom is 0.416 e. The van der Waals surface area contributed by atoms with E-state index in [-0.39, 0.29) is 23.8 Å². The van der Waals surface area contributed by atoms with Crippen molar-refractivity contribution in [2.75, 3.05) is 5.73 Å². The van der Waals surface area contributed by atoms with Crippen molar-refractivity contribution in [1.29, 1.82) is 0 Å². The summed E-state index contributed by atoms with van der Waals surface area (Å²) in [4.78, 5) is 20.7. The third-order valence-corrected chi connectivity index (χ3v) is 4.78. The summed E-state index contributed by atoms with van der Waals surface area (Å²) in [6.07, 6.45) is -4.13. The van der Waals surface area contributed by atoms with Crippen LogP contribution >= 0.6 is 0 Å². The van der Waals surface area contributed by atoms with Gasteiger partial charge in [-0.2, -0.15) is 13.2 Å². The SMILES string of the molecule is Nc1nc(COC(=O)[C@H]2C[C@@H]2c2ccccc2C(F)(F)F)nc2ccccc12. The normalized spacial score (nSPS) is 18.8. The number of esters is 1. The number of carbonyl (C=O) groups is 1. The summed E-state index contributed by atoms with van der Waals surface area (Å²) in [6.45, 7) is -0.183. The van der Waals surface area contributed by atoms with Crippen molar-refractivity contribution in [2.45, 2.75) is 25.1 Å². The minimum atomic E-state index is -4.45. The number of aromatic nitrogens is 2. The number of benzene rings is 2. The number of halogens is 3. The lowest BCUT2D eigenvalue weighted by molar-refractivity contribution is -0.147. The Kier molecular flexibility index (Phi) is 4.41. The Labute approximate surface area is 158 Å². The smallest absolute Gasteiger partial charge is 0.416 e. The number of nitrogen functional groups attached to an aromatic ring is 1. The molecule has 0 amide bonds. The largest absolute Gasteiger partial charge is 0.457 e. The molecule has 2 aromatic carbocycles. The predicted molar refractivity (Wildman–Crippen MR) is 96.0 cm³/mol. The van der Waals surface area contributed by atoms with Crippen LogP contribution in [0.1, 0.15) is 29.3 Å². The molecular weight excluding hydrogens is 371 g/mol. The Bertz CT molecular complexity index is 1050. The van der Waals surface area contributed by atoms with Crippen LogP contribution in [0.15, 0.2) is 48.5 Å². The zero-order valence-corrected chi connectivity index (χ0v) is 14.6. The van der Waals surface area contributed by atoms with E-state index in [4.69, 9.17) is 10.5 Å². The van der Waals surface area contributed by atoms with Gasteiger partial charge in [0.05, 0.1) is 17.0 Å². The highest BCUT2D eigenvalue weighted by molar-refractivity contribution is 5.87. The molecule has 0 saturated heterocycles. The third kappa shape index (κ3) is 3.49. The highest BCUT2D eigenvalue weighted by Gasteiger charge is 2.48. The highest BCUT2D eigenvalue weighted by Crippen LogP contribution is 2.51. The summed E-state index contributed by atoms with van der Waals surface area (Å²) in [6, 6.07) is 12.5. The zero-order valence-electron chi connectivity index (χ0n) is 14.6. The summed E-state index contributed by atoms with van der Waals surface area (Å²) in [5.41, 5.74) is 5.94. The second-order valence-corrected chi connectivity index (χ2v) is 6.68. The molecule has 3 aromatic rings. The molecule has 0 radical (unpaired) electrons. The Morgan fingerprint density at radius 3 is 2.61 bits per heavy atom. The van der Waals surface area contributed by atoms with Gasteiger partial charge in [-0.3, -0.25) is 4.79 Å². The van der Waals surface area contributed by atoms with Gasteiger partial charge in [0.1, 0.15) is 5.82 Å².